The lowest BCUT2D eigenvalue weighted by atomic mass is 10.00. The summed E-state index contributed by atoms with van der Waals surface area (Å²) in [5, 5.41) is 0. The third-order valence-electron chi connectivity index (χ3n) is 2.89. The molecule has 4 nitrogen and oxygen atoms in total. The highest BCUT2D eigenvalue weighted by atomic mass is 19.4. The van der Waals surface area contributed by atoms with Crippen LogP contribution < -0.4 is 10.5 Å². The first-order chi connectivity index (χ1) is 10.3. The van der Waals surface area contributed by atoms with Gasteiger partial charge in [0.15, 0.2) is 0 Å². The summed E-state index contributed by atoms with van der Waals surface area (Å²) in [5.74, 6) is -0.991. The maximum Gasteiger partial charge on any atom is 0.573 e. The summed E-state index contributed by atoms with van der Waals surface area (Å²) < 4.78 is 45.3. The van der Waals surface area contributed by atoms with Gasteiger partial charge in [-0.2, -0.15) is 0 Å². The Balaban J connectivity index is 2.44. The van der Waals surface area contributed by atoms with Gasteiger partial charge < -0.3 is 15.2 Å². The molecular formula is C15H12F3NO3. The highest BCUT2D eigenvalue weighted by Gasteiger charge is 2.31. The van der Waals surface area contributed by atoms with Gasteiger partial charge in [0.1, 0.15) is 5.75 Å². The minimum atomic E-state index is -4.78. The Morgan fingerprint density at radius 1 is 1.14 bits per heavy atom. The zero-order valence-electron chi connectivity index (χ0n) is 11.5. The van der Waals surface area contributed by atoms with Crippen molar-refractivity contribution in [3.8, 4) is 16.9 Å². The van der Waals surface area contributed by atoms with Crippen LogP contribution in [0.15, 0.2) is 42.5 Å². The second kappa shape index (κ2) is 5.97. The monoisotopic (exact) mass is 311 g/mol. The first kappa shape index (κ1) is 15.7. The van der Waals surface area contributed by atoms with Crippen LogP contribution in [0.4, 0.5) is 18.9 Å². The van der Waals surface area contributed by atoms with Crippen molar-refractivity contribution in [2.75, 3.05) is 12.8 Å². The fraction of sp³-hybridized carbons (Fsp3) is 0.133. The van der Waals surface area contributed by atoms with Gasteiger partial charge >= 0.3 is 12.3 Å². The number of esters is 1. The van der Waals surface area contributed by atoms with E-state index in [1.165, 1.54) is 31.4 Å². The number of carbonyl (C=O) groups excluding carboxylic acids is 1. The molecule has 0 aliphatic carbocycles. The fourth-order valence-electron chi connectivity index (χ4n) is 1.97. The second-order valence-electron chi connectivity index (χ2n) is 4.33. The predicted octanol–water partition coefficient (Wildman–Crippen LogP) is 3.62. The number of halogens is 3. The number of anilines is 1. The van der Waals surface area contributed by atoms with Gasteiger partial charge in [0.25, 0.3) is 0 Å². The molecule has 0 unspecified atom stereocenters. The number of alkyl halides is 3. The van der Waals surface area contributed by atoms with Gasteiger partial charge in [0.2, 0.25) is 0 Å². The number of benzene rings is 2. The van der Waals surface area contributed by atoms with Crippen molar-refractivity contribution in [3.63, 3.8) is 0 Å². The number of nitrogens with two attached hydrogens (primary N) is 1. The molecular weight excluding hydrogens is 299 g/mol. The largest absolute Gasteiger partial charge is 0.573 e. The van der Waals surface area contributed by atoms with Gasteiger partial charge in [-0.1, -0.05) is 24.3 Å². The van der Waals surface area contributed by atoms with E-state index >= 15 is 0 Å². The molecule has 116 valence electrons. The zero-order chi connectivity index (χ0) is 16.3. The van der Waals surface area contributed by atoms with Gasteiger partial charge in [0.05, 0.1) is 18.4 Å². The standard InChI is InChI=1S/C15H12F3NO3/c1-21-14(20)12-7-3-6-11(13(12)19)9-4-2-5-10(8-9)22-15(16,17)18/h2-8H,19H2,1H3. The van der Waals surface area contributed by atoms with Crippen LogP contribution in [0.2, 0.25) is 0 Å². The Labute approximate surface area is 124 Å². The Hall–Kier alpha value is -2.70. The molecule has 2 aromatic rings. The van der Waals surface area contributed by atoms with Crippen LogP contribution in [0, 0.1) is 0 Å². The highest BCUT2D eigenvalue weighted by molar-refractivity contribution is 5.99. The Morgan fingerprint density at radius 2 is 1.82 bits per heavy atom. The summed E-state index contributed by atoms with van der Waals surface area (Å²) in [6, 6.07) is 9.97. The maximum atomic E-state index is 12.3. The van der Waals surface area contributed by atoms with E-state index in [-0.39, 0.29) is 17.0 Å². The third kappa shape index (κ3) is 3.49. The molecule has 2 aromatic carbocycles. The number of methoxy groups -OCH3 is 1. The third-order valence-corrected chi connectivity index (χ3v) is 2.89. The molecule has 0 aromatic heterocycles. The summed E-state index contributed by atoms with van der Waals surface area (Å²) in [4.78, 5) is 11.6. The number of rotatable bonds is 3. The van der Waals surface area contributed by atoms with Crippen molar-refractivity contribution in [1.29, 1.82) is 0 Å². The number of hydrogen-bond acceptors (Lipinski definition) is 4. The van der Waals surface area contributed by atoms with Gasteiger partial charge in [-0.15, -0.1) is 13.2 Å². The maximum absolute atomic E-state index is 12.3. The molecule has 0 aliphatic rings. The van der Waals surface area contributed by atoms with Crippen LogP contribution in [-0.4, -0.2) is 19.4 Å². The Morgan fingerprint density at radius 3 is 2.45 bits per heavy atom. The Kier molecular flexibility index (Phi) is 4.25. The summed E-state index contributed by atoms with van der Waals surface area (Å²) in [6.45, 7) is 0. The minimum Gasteiger partial charge on any atom is -0.465 e. The molecule has 0 spiro atoms. The predicted molar refractivity (Wildman–Crippen MR) is 74.3 cm³/mol. The molecule has 2 rings (SSSR count). The summed E-state index contributed by atoms with van der Waals surface area (Å²) >= 11 is 0. The number of para-hydroxylation sites is 1. The molecule has 0 aliphatic heterocycles. The van der Waals surface area contributed by atoms with E-state index in [0.29, 0.717) is 11.1 Å². The number of ether oxygens (including phenoxy) is 2. The van der Waals surface area contributed by atoms with E-state index in [2.05, 4.69) is 9.47 Å². The smallest absolute Gasteiger partial charge is 0.465 e. The molecule has 0 saturated heterocycles. The van der Waals surface area contributed by atoms with Crippen LogP contribution in [0.5, 0.6) is 5.75 Å². The van der Waals surface area contributed by atoms with Crippen molar-refractivity contribution in [2.24, 2.45) is 0 Å². The van der Waals surface area contributed by atoms with Crippen LogP contribution in [0.3, 0.4) is 0 Å². The molecule has 0 fully saturated rings. The van der Waals surface area contributed by atoms with Crippen molar-refractivity contribution in [3.05, 3.63) is 48.0 Å². The molecule has 0 radical (unpaired) electrons. The van der Waals surface area contributed by atoms with E-state index in [4.69, 9.17) is 5.73 Å². The van der Waals surface area contributed by atoms with Crippen molar-refractivity contribution in [2.45, 2.75) is 6.36 Å². The van der Waals surface area contributed by atoms with Crippen LogP contribution >= 0.6 is 0 Å². The van der Waals surface area contributed by atoms with Gasteiger partial charge in [-0.05, 0) is 23.8 Å². The quantitative estimate of drug-likeness (QED) is 0.694. The van der Waals surface area contributed by atoms with E-state index in [1.54, 1.807) is 18.2 Å². The van der Waals surface area contributed by atoms with E-state index < -0.39 is 12.3 Å². The molecule has 2 N–H and O–H groups in total. The zero-order valence-corrected chi connectivity index (χ0v) is 11.5. The van der Waals surface area contributed by atoms with Crippen LogP contribution in [-0.2, 0) is 4.74 Å². The van der Waals surface area contributed by atoms with Crippen molar-refractivity contribution < 1.29 is 27.4 Å². The van der Waals surface area contributed by atoms with Crippen molar-refractivity contribution in [1.82, 2.24) is 0 Å². The molecule has 0 atom stereocenters. The first-order valence-corrected chi connectivity index (χ1v) is 6.15. The molecule has 22 heavy (non-hydrogen) atoms. The average molecular weight is 311 g/mol. The second-order valence-corrected chi connectivity index (χ2v) is 4.33. The van der Waals surface area contributed by atoms with E-state index in [9.17, 15) is 18.0 Å². The van der Waals surface area contributed by atoms with Gasteiger partial charge in [-0.25, -0.2) is 4.79 Å². The highest BCUT2D eigenvalue weighted by Crippen LogP contribution is 2.32. The topological polar surface area (TPSA) is 61.5 Å². The lowest BCUT2D eigenvalue weighted by Crippen LogP contribution is -2.17. The first-order valence-electron chi connectivity index (χ1n) is 6.15. The van der Waals surface area contributed by atoms with E-state index in [1.807, 2.05) is 0 Å². The molecule has 7 heteroatoms. The SMILES string of the molecule is COC(=O)c1cccc(-c2cccc(OC(F)(F)F)c2)c1N. The Bertz CT molecular complexity index is 699. The molecule has 0 bridgehead atoms. The lowest BCUT2D eigenvalue weighted by Gasteiger charge is -2.12. The number of carbonyl (C=O) groups is 1. The minimum absolute atomic E-state index is 0.124. The summed E-state index contributed by atoms with van der Waals surface area (Å²) in [6.07, 6.45) is -4.78. The van der Waals surface area contributed by atoms with Crippen LogP contribution in [0.25, 0.3) is 11.1 Å². The normalized spacial score (nSPS) is 11.1. The molecule has 0 heterocycles. The van der Waals surface area contributed by atoms with Gasteiger partial charge in [-0.3, -0.25) is 0 Å². The summed E-state index contributed by atoms with van der Waals surface area (Å²) in [5.41, 5.74) is 6.98. The molecule has 0 saturated carbocycles. The van der Waals surface area contributed by atoms with Crippen LogP contribution in [0.1, 0.15) is 10.4 Å². The number of nitrogen functional groups attached to an aromatic ring is 1. The molecule has 0 amide bonds. The lowest BCUT2D eigenvalue weighted by molar-refractivity contribution is -0.274. The van der Waals surface area contributed by atoms with E-state index in [0.717, 1.165) is 0 Å². The summed E-state index contributed by atoms with van der Waals surface area (Å²) in [7, 11) is 1.21. The van der Waals surface area contributed by atoms with Crippen molar-refractivity contribution >= 4 is 11.7 Å². The fourth-order valence-corrected chi connectivity index (χ4v) is 1.97. The van der Waals surface area contributed by atoms with Gasteiger partial charge in [0, 0.05) is 5.56 Å². The number of hydrogen-bond donors (Lipinski definition) is 1. The average Bonchev–Trinajstić information content (AvgIpc) is 2.45.